The molecule has 2 saturated heterocycles. The third-order valence-electron chi connectivity index (χ3n) is 4.57. The molecular weight excluding hydrogens is 242 g/mol. The summed E-state index contributed by atoms with van der Waals surface area (Å²) in [5, 5.41) is 7.64. The molecular formula is C14H23N3O2. The Bertz CT molecular complexity index is 407. The van der Waals surface area contributed by atoms with Crippen LogP contribution in [0, 0.1) is 5.92 Å². The maximum atomic E-state index is 5.57. The van der Waals surface area contributed by atoms with Crippen molar-refractivity contribution in [3.8, 4) is 0 Å². The van der Waals surface area contributed by atoms with Gasteiger partial charge in [0.2, 0.25) is 5.89 Å². The van der Waals surface area contributed by atoms with Crippen LogP contribution in [0.15, 0.2) is 4.52 Å². The number of nitrogens with zero attached hydrogens (tertiary/aromatic N) is 2. The summed E-state index contributed by atoms with van der Waals surface area (Å²) in [6.07, 6.45) is 5.38. The Balaban J connectivity index is 1.71. The van der Waals surface area contributed by atoms with E-state index in [4.69, 9.17) is 9.26 Å². The van der Waals surface area contributed by atoms with Gasteiger partial charge >= 0.3 is 0 Å². The summed E-state index contributed by atoms with van der Waals surface area (Å²) in [6.45, 7) is 5.98. The molecule has 0 spiro atoms. The van der Waals surface area contributed by atoms with Crippen LogP contribution in [0.2, 0.25) is 0 Å². The molecule has 2 fully saturated rings. The van der Waals surface area contributed by atoms with E-state index in [1.807, 2.05) is 0 Å². The van der Waals surface area contributed by atoms with Crippen LogP contribution in [0.5, 0.6) is 0 Å². The van der Waals surface area contributed by atoms with Gasteiger partial charge in [0, 0.05) is 26.2 Å². The molecule has 5 heteroatoms. The minimum absolute atomic E-state index is 0.0513. The molecule has 0 saturated carbocycles. The molecule has 3 rings (SSSR count). The van der Waals surface area contributed by atoms with Gasteiger partial charge in [-0.2, -0.15) is 4.98 Å². The van der Waals surface area contributed by atoms with E-state index >= 15 is 0 Å². The fourth-order valence-electron chi connectivity index (χ4n) is 3.16. The quantitative estimate of drug-likeness (QED) is 0.897. The van der Waals surface area contributed by atoms with Crippen LogP contribution < -0.4 is 5.32 Å². The molecule has 5 nitrogen and oxygen atoms in total. The molecule has 1 N–H and O–H groups in total. The smallest absolute Gasteiger partial charge is 0.234 e. The highest BCUT2D eigenvalue weighted by Gasteiger charge is 2.37. The minimum Gasteiger partial charge on any atom is -0.381 e. The second-order valence-corrected chi connectivity index (χ2v) is 5.86. The van der Waals surface area contributed by atoms with E-state index in [2.05, 4.69) is 22.4 Å². The Morgan fingerprint density at radius 2 is 2.42 bits per heavy atom. The van der Waals surface area contributed by atoms with E-state index < -0.39 is 0 Å². The molecule has 0 aromatic carbocycles. The van der Waals surface area contributed by atoms with Gasteiger partial charge in [-0.15, -0.1) is 0 Å². The molecule has 0 amide bonds. The molecule has 3 heterocycles. The first kappa shape index (κ1) is 13.1. The van der Waals surface area contributed by atoms with Crippen molar-refractivity contribution < 1.29 is 9.26 Å². The lowest BCUT2D eigenvalue weighted by Crippen LogP contribution is -2.43. The van der Waals surface area contributed by atoms with Crippen molar-refractivity contribution in [2.45, 2.75) is 44.4 Å². The summed E-state index contributed by atoms with van der Waals surface area (Å²) in [6, 6.07) is 0. The van der Waals surface area contributed by atoms with Gasteiger partial charge in [0.15, 0.2) is 5.82 Å². The third-order valence-corrected chi connectivity index (χ3v) is 4.57. The van der Waals surface area contributed by atoms with Crippen LogP contribution in [0.25, 0.3) is 0 Å². The normalized spacial score (nSPS) is 31.7. The second-order valence-electron chi connectivity index (χ2n) is 5.86. The van der Waals surface area contributed by atoms with Crippen molar-refractivity contribution in [2.24, 2.45) is 5.92 Å². The second kappa shape index (κ2) is 5.59. The SMILES string of the molecule is CCC1(c2nc(CC3CCOC3)no2)CCCNC1. The Labute approximate surface area is 114 Å². The molecule has 0 bridgehead atoms. The average molecular weight is 265 g/mol. The van der Waals surface area contributed by atoms with Crippen molar-refractivity contribution in [1.82, 2.24) is 15.5 Å². The number of piperidine rings is 1. The summed E-state index contributed by atoms with van der Waals surface area (Å²) >= 11 is 0. The van der Waals surface area contributed by atoms with Gasteiger partial charge in [0.05, 0.1) is 5.41 Å². The fraction of sp³-hybridized carbons (Fsp3) is 0.857. The maximum absolute atomic E-state index is 5.57. The summed E-state index contributed by atoms with van der Waals surface area (Å²) in [4.78, 5) is 4.67. The van der Waals surface area contributed by atoms with E-state index in [0.717, 1.165) is 63.7 Å². The van der Waals surface area contributed by atoms with Crippen LogP contribution in [-0.2, 0) is 16.6 Å². The minimum atomic E-state index is 0.0513. The zero-order valence-electron chi connectivity index (χ0n) is 11.7. The molecule has 2 atom stereocenters. The molecule has 19 heavy (non-hydrogen) atoms. The largest absolute Gasteiger partial charge is 0.381 e. The van der Waals surface area contributed by atoms with Crippen LogP contribution in [-0.4, -0.2) is 36.4 Å². The summed E-state index contributed by atoms with van der Waals surface area (Å²) < 4.78 is 11.0. The van der Waals surface area contributed by atoms with E-state index in [1.54, 1.807) is 0 Å². The Morgan fingerprint density at radius 1 is 1.47 bits per heavy atom. The number of nitrogens with one attached hydrogen (secondary N) is 1. The highest BCUT2D eigenvalue weighted by atomic mass is 16.5. The lowest BCUT2D eigenvalue weighted by atomic mass is 9.78. The first-order valence-corrected chi connectivity index (χ1v) is 7.44. The first-order valence-electron chi connectivity index (χ1n) is 7.44. The lowest BCUT2D eigenvalue weighted by molar-refractivity contribution is 0.185. The highest BCUT2D eigenvalue weighted by molar-refractivity contribution is 5.08. The van der Waals surface area contributed by atoms with Crippen molar-refractivity contribution in [2.75, 3.05) is 26.3 Å². The van der Waals surface area contributed by atoms with Crippen LogP contribution in [0.3, 0.4) is 0 Å². The van der Waals surface area contributed by atoms with Crippen molar-refractivity contribution in [1.29, 1.82) is 0 Å². The van der Waals surface area contributed by atoms with Crippen molar-refractivity contribution in [3.05, 3.63) is 11.7 Å². The predicted octanol–water partition coefficient (Wildman–Crippen LogP) is 1.68. The van der Waals surface area contributed by atoms with Crippen LogP contribution in [0.1, 0.15) is 44.3 Å². The Kier molecular flexibility index (Phi) is 3.84. The van der Waals surface area contributed by atoms with Gasteiger partial charge in [-0.3, -0.25) is 0 Å². The molecule has 106 valence electrons. The zero-order valence-corrected chi connectivity index (χ0v) is 11.7. The van der Waals surface area contributed by atoms with Crippen molar-refractivity contribution in [3.63, 3.8) is 0 Å². The molecule has 2 aliphatic heterocycles. The van der Waals surface area contributed by atoms with Gasteiger partial charge in [-0.05, 0) is 38.1 Å². The van der Waals surface area contributed by atoms with Gasteiger partial charge < -0.3 is 14.6 Å². The summed E-state index contributed by atoms with van der Waals surface area (Å²) in [5.41, 5.74) is 0.0513. The maximum Gasteiger partial charge on any atom is 0.234 e. The first-order chi connectivity index (χ1) is 9.32. The van der Waals surface area contributed by atoms with E-state index in [9.17, 15) is 0 Å². The number of hydrogen-bond acceptors (Lipinski definition) is 5. The van der Waals surface area contributed by atoms with Crippen LogP contribution in [0.4, 0.5) is 0 Å². The topological polar surface area (TPSA) is 60.2 Å². The van der Waals surface area contributed by atoms with E-state index in [0.29, 0.717) is 5.92 Å². The highest BCUT2D eigenvalue weighted by Crippen LogP contribution is 2.33. The number of ether oxygens (including phenoxy) is 1. The zero-order chi connectivity index (χ0) is 13.1. The van der Waals surface area contributed by atoms with Gasteiger partial charge in [0.1, 0.15) is 0 Å². The van der Waals surface area contributed by atoms with Gasteiger partial charge in [-0.25, -0.2) is 0 Å². The van der Waals surface area contributed by atoms with E-state index in [1.165, 1.54) is 6.42 Å². The molecule has 2 aliphatic rings. The Hall–Kier alpha value is -0.940. The van der Waals surface area contributed by atoms with Gasteiger partial charge in [0.25, 0.3) is 0 Å². The molecule has 1 aromatic heterocycles. The van der Waals surface area contributed by atoms with Crippen molar-refractivity contribution >= 4 is 0 Å². The molecule has 1 aromatic rings. The monoisotopic (exact) mass is 265 g/mol. The number of rotatable bonds is 4. The molecule has 2 unspecified atom stereocenters. The van der Waals surface area contributed by atoms with Gasteiger partial charge in [-0.1, -0.05) is 12.1 Å². The average Bonchev–Trinajstić information content (AvgIpc) is 3.12. The molecule has 0 aliphatic carbocycles. The third kappa shape index (κ3) is 2.67. The van der Waals surface area contributed by atoms with E-state index in [-0.39, 0.29) is 5.41 Å². The predicted molar refractivity (Wildman–Crippen MR) is 71.0 cm³/mol. The number of aromatic nitrogens is 2. The molecule has 0 radical (unpaired) electrons. The summed E-state index contributed by atoms with van der Waals surface area (Å²) in [5.74, 6) is 2.24. The standard InChI is InChI=1S/C14H23N3O2/c1-2-14(5-3-6-15-10-14)13-16-12(17-19-13)8-11-4-7-18-9-11/h11,15H,2-10H2,1H3. The fourth-order valence-corrected chi connectivity index (χ4v) is 3.16. The van der Waals surface area contributed by atoms with Crippen LogP contribution >= 0.6 is 0 Å². The Morgan fingerprint density at radius 3 is 3.11 bits per heavy atom. The lowest BCUT2D eigenvalue weighted by Gasteiger charge is -2.33. The number of hydrogen-bond donors (Lipinski definition) is 1. The summed E-state index contributed by atoms with van der Waals surface area (Å²) in [7, 11) is 0.